The number of hydrogen-bond donors (Lipinski definition) is 1. The first-order valence-corrected chi connectivity index (χ1v) is 6.17. The van der Waals surface area contributed by atoms with E-state index in [1.807, 2.05) is 0 Å². The van der Waals surface area contributed by atoms with Gasteiger partial charge in [0.2, 0.25) is 0 Å². The van der Waals surface area contributed by atoms with Gasteiger partial charge in [0.15, 0.2) is 0 Å². The van der Waals surface area contributed by atoms with E-state index in [0.29, 0.717) is 17.9 Å². The van der Waals surface area contributed by atoms with Gasteiger partial charge in [0, 0.05) is 38.1 Å². The van der Waals surface area contributed by atoms with Crippen molar-refractivity contribution >= 4 is 5.78 Å². The first-order valence-electron chi connectivity index (χ1n) is 6.17. The van der Waals surface area contributed by atoms with Crippen LogP contribution in [0.2, 0.25) is 0 Å². The Labute approximate surface area is 90.6 Å². The summed E-state index contributed by atoms with van der Waals surface area (Å²) in [5.41, 5.74) is 0. The van der Waals surface area contributed by atoms with E-state index in [1.165, 1.54) is 19.3 Å². The normalized spacial score (nSPS) is 45.7. The molecule has 1 N–H and O–H groups in total. The number of ketones is 1. The molecule has 0 spiro atoms. The van der Waals surface area contributed by atoms with Gasteiger partial charge in [-0.15, -0.1) is 0 Å². The Balaban J connectivity index is 1.66. The fourth-order valence-corrected chi connectivity index (χ4v) is 3.52. The molecule has 0 aromatic carbocycles. The molecule has 0 radical (unpaired) electrons. The molecule has 3 saturated heterocycles. The zero-order valence-electron chi connectivity index (χ0n) is 9.08. The van der Waals surface area contributed by atoms with Crippen molar-refractivity contribution in [2.45, 2.75) is 44.2 Å². The Hall–Kier alpha value is -0.410. The van der Waals surface area contributed by atoms with Gasteiger partial charge < -0.3 is 10.1 Å². The highest BCUT2D eigenvalue weighted by atomic mass is 16.5. The lowest BCUT2D eigenvalue weighted by Crippen LogP contribution is -2.52. The molecule has 3 aliphatic rings. The molecule has 0 aliphatic carbocycles. The Morgan fingerprint density at radius 2 is 1.87 bits per heavy atom. The molecule has 84 valence electrons. The van der Waals surface area contributed by atoms with Gasteiger partial charge in [-0.3, -0.25) is 4.79 Å². The van der Waals surface area contributed by atoms with Gasteiger partial charge in [0.1, 0.15) is 5.78 Å². The molecule has 2 bridgehead atoms. The molecular weight excluding hydrogens is 190 g/mol. The van der Waals surface area contributed by atoms with Gasteiger partial charge >= 0.3 is 0 Å². The fourth-order valence-electron chi connectivity index (χ4n) is 3.52. The van der Waals surface area contributed by atoms with E-state index in [9.17, 15) is 4.79 Å². The van der Waals surface area contributed by atoms with Crippen molar-refractivity contribution in [3.8, 4) is 0 Å². The number of fused-ring (bicyclic) bond motifs is 2. The van der Waals surface area contributed by atoms with E-state index in [4.69, 9.17) is 4.74 Å². The first kappa shape index (κ1) is 9.79. The maximum Gasteiger partial charge on any atom is 0.136 e. The quantitative estimate of drug-likeness (QED) is 0.703. The molecule has 2 unspecified atom stereocenters. The van der Waals surface area contributed by atoms with Gasteiger partial charge in [-0.25, -0.2) is 0 Å². The summed E-state index contributed by atoms with van der Waals surface area (Å²) in [7, 11) is 0. The second-order valence-corrected chi connectivity index (χ2v) is 5.36. The number of piperidine rings is 2. The van der Waals surface area contributed by atoms with Crippen LogP contribution >= 0.6 is 0 Å². The van der Waals surface area contributed by atoms with E-state index in [0.717, 1.165) is 37.9 Å². The SMILES string of the molecule is O=C1CC2CC([C@H]3CCOC3)CC(C1)N2. The summed E-state index contributed by atoms with van der Waals surface area (Å²) in [6.45, 7) is 1.90. The van der Waals surface area contributed by atoms with Gasteiger partial charge in [-0.05, 0) is 31.1 Å². The molecule has 15 heavy (non-hydrogen) atoms. The Bertz CT molecular complexity index is 244. The van der Waals surface area contributed by atoms with Crippen molar-refractivity contribution in [1.82, 2.24) is 5.32 Å². The minimum Gasteiger partial charge on any atom is -0.381 e. The standard InChI is InChI=1S/C12H19NO2/c14-12-5-10-3-9(4-11(6-12)13-10)8-1-2-15-7-8/h8-11,13H,1-7H2/t8-,9?,10?,11?/m0/s1. The van der Waals surface area contributed by atoms with E-state index in [-0.39, 0.29) is 0 Å². The lowest BCUT2D eigenvalue weighted by Gasteiger charge is -2.41. The molecule has 3 fully saturated rings. The van der Waals surface area contributed by atoms with Crippen LogP contribution in [0.5, 0.6) is 0 Å². The van der Waals surface area contributed by atoms with Gasteiger partial charge in [0.05, 0.1) is 0 Å². The van der Waals surface area contributed by atoms with Gasteiger partial charge in [-0.1, -0.05) is 0 Å². The number of hydrogen-bond acceptors (Lipinski definition) is 3. The van der Waals surface area contributed by atoms with Crippen molar-refractivity contribution in [2.75, 3.05) is 13.2 Å². The van der Waals surface area contributed by atoms with E-state index < -0.39 is 0 Å². The van der Waals surface area contributed by atoms with E-state index >= 15 is 0 Å². The highest BCUT2D eigenvalue weighted by Crippen LogP contribution is 2.36. The third-order valence-electron chi connectivity index (χ3n) is 4.23. The van der Waals surface area contributed by atoms with Crippen molar-refractivity contribution in [2.24, 2.45) is 11.8 Å². The second-order valence-electron chi connectivity index (χ2n) is 5.36. The lowest BCUT2D eigenvalue weighted by molar-refractivity contribution is -0.122. The Morgan fingerprint density at radius 3 is 2.47 bits per heavy atom. The van der Waals surface area contributed by atoms with Crippen molar-refractivity contribution in [3.63, 3.8) is 0 Å². The summed E-state index contributed by atoms with van der Waals surface area (Å²) in [6, 6.07) is 0.936. The van der Waals surface area contributed by atoms with Crippen LogP contribution in [0.4, 0.5) is 0 Å². The van der Waals surface area contributed by atoms with E-state index in [1.54, 1.807) is 0 Å². The average Bonchev–Trinajstić information content (AvgIpc) is 2.67. The average molecular weight is 209 g/mol. The maximum atomic E-state index is 11.4. The predicted octanol–water partition coefficient (Wildman–Crippen LogP) is 1.12. The summed E-state index contributed by atoms with van der Waals surface area (Å²) >= 11 is 0. The highest BCUT2D eigenvalue weighted by Gasteiger charge is 2.38. The highest BCUT2D eigenvalue weighted by molar-refractivity contribution is 5.80. The van der Waals surface area contributed by atoms with Crippen LogP contribution in [0.3, 0.4) is 0 Å². The molecule has 0 aromatic heterocycles. The zero-order chi connectivity index (χ0) is 10.3. The third kappa shape index (κ3) is 1.95. The van der Waals surface area contributed by atoms with Crippen molar-refractivity contribution in [3.05, 3.63) is 0 Å². The third-order valence-corrected chi connectivity index (χ3v) is 4.23. The minimum absolute atomic E-state index is 0.463. The Kier molecular flexibility index (Phi) is 2.53. The lowest BCUT2D eigenvalue weighted by atomic mass is 9.74. The topological polar surface area (TPSA) is 38.3 Å². The molecule has 3 heteroatoms. The molecule has 3 atom stereocenters. The number of nitrogens with one attached hydrogen (secondary N) is 1. The van der Waals surface area contributed by atoms with Crippen LogP contribution in [0.15, 0.2) is 0 Å². The molecule has 0 aromatic rings. The molecule has 3 nitrogen and oxygen atoms in total. The molecule has 3 aliphatic heterocycles. The summed E-state index contributed by atoms with van der Waals surface area (Å²) in [6.07, 6.45) is 5.14. The largest absolute Gasteiger partial charge is 0.381 e. The number of rotatable bonds is 1. The summed E-state index contributed by atoms with van der Waals surface area (Å²) < 4.78 is 5.47. The molecule has 0 amide bonds. The maximum absolute atomic E-state index is 11.4. The molecular formula is C12H19NO2. The molecule has 3 rings (SSSR count). The smallest absolute Gasteiger partial charge is 0.136 e. The summed E-state index contributed by atoms with van der Waals surface area (Å²) in [5, 5.41) is 3.58. The van der Waals surface area contributed by atoms with Crippen molar-refractivity contribution < 1.29 is 9.53 Å². The molecule has 3 heterocycles. The minimum atomic E-state index is 0.463. The fraction of sp³-hybridized carbons (Fsp3) is 0.917. The van der Waals surface area contributed by atoms with Crippen LogP contribution in [-0.2, 0) is 9.53 Å². The number of ether oxygens (including phenoxy) is 1. The summed E-state index contributed by atoms with van der Waals surface area (Å²) in [4.78, 5) is 11.4. The van der Waals surface area contributed by atoms with Crippen LogP contribution in [0.25, 0.3) is 0 Å². The van der Waals surface area contributed by atoms with Crippen LogP contribution in [0, 0.1) is 11.8 Å². The number of Topliss-reactive ketones (excluding diaryl/α,β-unsaturated/α-hetero) is 1. The van der Waals surface area contributed by atoms with Crippen LogP contribution in [-0.4, -0.2) is 31.1 Å². The zero-order valence-corrected chi connectivity index (χ0v) is 9.08. The van der Waals surface area contributed by atoms with E-state index in [2.05, 4.69) is 5.32 Å². The molecule has 0 saturated carbocycles. The first-order chi connectivity index (χ1) is 7.31. The number of carbonyl (C=O) groups is 1. The monoisotopic (exact) mass is 209 g/mol. The predicted molar refractivity (Wildman–Crippen MR) is 56.6 cm³/mol. The van der Waals surface area contributed by atoms with Gasteiger partial charge in [0.25, 0.3) is 0 Å². The summed E-state index contributed by atoms with van der Waals surface area (Å²) in [5.74, 6) is 2.03. The van der Waals surface area contributed by atoms with Crippen LogP contribution in [0.1, 0.15) is 32.1 Å². The second kappa shape index (κ2) is 3.87. The van der Waals surface area contributed by atoms with Crippen molar-refractivity contribution in [1.29, 1.82) is 0 Å². The van der Waals surface area contributed by atoms with Crippen LogP contribution < -0.4 is 5.32 Å². The van der Waals surface area contributed by atoms with Gasteiger partial charge in [-0.2, -0.15) is 0 Å². The Morgan fingerprint density at radius 1 is 1.13 bits per heavy atom. The number of carbonyl (C=O) groups excluding carboxylic acids is 1.